The zero-order valence-electron chi connectivity index (χ0n) is 21.9. The van der Waals surface area contributed by atoms with Gasteiger partial charge in [0.1, 0.15) is 0 Å². The number of morpholine rings is 1. The molecule has 2 amide bonds. The number of carbonyl (C=O) groups excluding carboxylic acids is 2. The molecule has 41 heavy (non-hydrogen) atoms. The predicted molar refractivity (Wildman–Crippen MR) is 146 cm³/mol. The van der Waals surface area contributed by atoms with Crippen LogP contribution in [0.15, 0.2) is 36.7 Å². The van der Waals surface area contributed by atoms with E-state index in [1.165, 1.54) is 0 Å². The van der Waals surface area contributed by atoms with Gasteiger partial charge in [0.15, 0.2) is 23.0 Å². The smallest absolute Gasteiger partial charge is 0.259 e. The minimum atomic E-state index is -0.678. The van der Waals surface area contributed by atoms with Gasteiger partial charge in [0, 0.05) is 49.7 Å². The lowest BCUT2D eigenvalue weighted by Gasteiger charge is -2.28. The molecular formula is C29H26N4O8. The average Bonchev–Trinajstić information content (AvgIpc) is 3.78. The molecule has 1 atom stereocenters. The van der Waals surface area contributed by atoms with Crippen LogP contribution in [0.5, 0.6) is 23.0 Å². The highest BCUT2D eigenvalue weighted by Crippen LogP contribution is 2.48. The Labute approximate surface area is 233 Å². The summed E-state index contributed by atoms with van der Waals surface area (Å²) in [6.45, 7) is 3.67. The van der Waals surface area contributed by atoms with Crippen molar-refractivity contribution < 1.29 is 38.4 Å². The van der Waals surface area contributed by atoms with Crippen LogP contribution in [0, 0.1) is 0 Å². The molecule has 4 aromatic rings. The van der Waals surface area contributed by atoms with E-state index in [1.807, 2.05) is 29.0 Å². The van der Waals surface area contributed by atoms with E-state index in [9.17, 15) is 14.7 Å². The third-order valence-corrected chi connectivity index (χ3v) is 8.01. The Bertz CT molecular complexity index is 1780. The molecule has 3 N–H and O–H groups in total. The van der Waals surface area contributed by atoms with E-state index in [0.717, 1.165) is 24.1 Å². The Balaban J connectivity index is 1.30. The normalized spacial score (nSPS) is 19.1. The number of nitrogens with zero attached hydrogens (tertiary/aromatic N) is 2. The highest BCUT2D eigenvalue weighted by Gasteiger charge is 2.38. The summed E-state index contributed by atoms with van der Waals surface area (Å²) in [6.07, 6.45) is 2.83. The highest BCUT2D eigenvalue weighted by atomic mass is 16.7. The molecule has 0 spiro atoms. The van der Waals surface area contributed by atoms with E-state index in [-0.39, 0.29) is 31.3 Å². The number of β-amino-alcohol motifs (C(OH)–C–C–N with tert-alkyl or cyclic N) is 1. The molecule has 0 saturated carbocycles. The number of imide groups is 1. The number of aromatic nitrogens is 2. The predicted octanol–water partition coefficient (Wildman–Crippen LogP) is 1.84. The van der Waals surface area contributed by atoms with Gasteiger partial charge in [-0.2, -0.15) is 0 Å². The third kappa shape index (κ3) is 3.79. The van der Waals surface area contributed by atoms with Crippen molar-refractivity contribution in [2.45, 2.75) is 12.6 Å². The number of benzene rings is 2. The lowest BCUT2D eigenvalue weighted by Crippen LogP contribution is -2.41. The van der Waals surface area contributed by atoms with Crippen LogP contribution >= 0.6 is 0 Å². The van der Waals surface area contributed by atoms with Crippen LogP contribution in [0.3, 0.4) is 0 Å². The van der Waals surface area contributed by atoms with Crippen molar-refractivity contribution in [2.75, 3.05) is 46.4 Å². The number of ether oxygens (including phenoxy) is 5. The number of aromatic amines is 1. The molecular weight excluding hydrogens is 532 g/mol. The van der Waals surface area contributed by atoms with E-state index in [0.29, 0.717) is 64.7 Å². The fraction of sp³-hybridized carbons (Fsp3) is 0.310. The van der Waals surface area contributed by atoms with Crippen LogP contribution < -0.4 is 24.3 Å². The Morgan fingerprint density at radius 2 is 1.51 bits per heavy atom. The Morgan fingerprint density at radius 3 is 2.27 bits per heavy atom. The van der Waals surface area contributed by atoms with Gasteiger partial charge in [0.25, 0.3) is 11.8 Å². The van der Waals surface area contributed by atoms with Gasteiger partial charge in [-0.15, -0.1) is 0 Å². The summed E-state index contributed by atoms with van der Waals surface area (Å²) >= 11 is 0. The highest BCUT2D eigenvalue weighted by molar-refractivity contribution is 6.51. The molecule has 4 aliphatic heterocycles. The summed E-state index contributed by atoms with van der Waals surface area (Å²) < 4.78 is 30.2. The lowest BCUT2D eigenvalue weighted by molar-refractivity contribution is -0.122. The van der Waals surface area contributed by atoms with E-state index >= 15 is 0 Å². The van der Waals surface area contributed by atoms with Gasteiger partial charge >= 0.3 is 0 Å². The third-order valence-electron chi connectivity index (χ3n) is 8.01. The van der Waals surface area contributed by atoms with Crippen LogP contribution in [0.2, 0.25) is 0 Å². The molecule has 12 nitrogen and oxygen atoms in total. The molecule has 12 heteroatoms. The minimum Gasteiger partial charge on any atom is -0.454 e. The van der Waals surface area contributed by atoms with Crippen molar-refractivity contribution in [3.8, 4) is 23.0 Å². The summed E-state index contributed by atoms with van der Waals surface area (Å²) in [7, 11) is 0. The van der Waals surface area contributed by atoms with Crippen molar-refractivity contribution in [1.29, 1.82) is 0 Å². The van der Waals surface area contributed by atoms with Crippen LogP contribution in [-0.2, 0) is 20.9 Å². The number of H-pyrrole nitrogens is 1. The first-order chi connectivity index (χ1) is 20.1. The van der Waals surface area contributed by atoms with Crippen LogP contribution in [0.1, 0.15) is 11.1 Å². The summed E-state index contributed by atoms with van der Waals surface area (Å²) in [5.41, 5.74) is 2.96. The molecule has 1 unspecified atom stereocenters. The summed E-state index contributed by atoms with van der Waals surface area (Å²) in [6, 6.07) is 7.35. The van der Waals surface area contributed by atoms with E-state index < -0.39 is 17.9 Å². The second-order valence-electron chi connectivity index (χ2n) is 10.4. The molecule has 1 saturated heterocycles. The number of hydrogen-bond acceptors (Lipinski definition) is 9. The molecule has 0 bridgehead atoms. The van der Waals surface area contributed by atoms with Crippen molar-refractivity contribution >= 4 is 44.8 Å². The van der Waals surface area contributed by atoms with E-state index in [1.54, 1.807) is 12.3 Å². The summed E-state index contributed by atoms with van der Waals surface area (Å²) in [4.78, 5) is 32.2. The minimum absolute atomic E-state index is 0.0433. The van der Waals surface area contributed by atoms with Gasteiger partial charge in [0.2, 0.25) is 13.6 Å². The number of fused-ring (bicyclic) bond motifs is 6. The first-order valence-corrected chi connectivity index (χ1v) is 13.5. The van der Waals surface area contributed by atoms with E-state index in [2.05, 4.69) is 15.2 Å². The second kappa shape index (κ2) is 9.26. The zero-order chi connectivity index (χ0) is 27.7. The molecule has 210 valence electrons. The second-order valence-corrected chi connectivity index (χ2v) is 10.4. The van der Waals surface area contributed by atoms with Gasteiger partial charge in [0.05, 0.1) is 52.3 Å². The fourth-order valence-electron chi connectivity index (χ4n) is 6.21. The number of carbonyl (C=O) groups is 2. The zero-order valence-corrected chi connectivity index (χ0v) is 21.9. The quantitative estimate of drug-likeness (QED) is 0.303. The lowest BCUT2D eigenvalue weighted by atomic mass is 9.95. The SMILES string of the molecule is O=C1NC(=O)C(c2cn(CC(O)CN3CCOCC3)c3ccc4c(c23)OCO4)=C1c1c[nH]c2ccc3c(c12)OCO3. The number of aliphatic hydroxyl groups is 1. The monoisotopic (exact) mass is 558 g/mol. The number of hydrogen-bond donors (Lipinski definition) is 3. The molecule has 4 aliphatic rings. The topological polar surface area (TPSA) is 137 Å². The first kappa shape index (κ1) is 24.3. The number of nitrogens with one attached hydrogen (secondary N) is 2. The number of rotatable bonds is 6. The molecule has 6 heterocycles. The van der Waals surface area contributed by atoms with Crippen molar-refractivity contribution in [1.82, 2.24) is 19.8 Å². The van der Waals surface area contributed by atoms with Gasteiger partial charge in [-0.05, 0) is 24.3 Å². The largest absolute Gasteiger partial charge is 0.454 e. The summed E-state index contributed by atoms with van der Waals surface area (Å²) in [5, 5.41) is 14.8. The molecule has 0 radical (unpaired) electrons. The molecule has 0 aliphatic carbocycles. The van der Waals surface area contributed by atoms with Crippen molar-refractivity contribution in [3.05, 3.63) is 47.8 Å². The van der Waals surface area contributed by atoms with Crippen LogP contribution in [-0.4, -0.2) is 83.9 Å². The van der Waals surface area contributed by atoms with Gasteiger partial charge in [-0.3, -0.25) is 19.8 Å². The maximum Gasteiger partial charge on any atom is 0.259 e. The van der Waals surface area contributed by atoms with E-state index in [4.69, 9.17) is 23.7 Å². The standard InChI is InChI=1S/C29H26N4O8/c34-15(10-32-5-7-37-8-6-32)11-33-12-17(23-19(33)2-4-21-27(23)41-14-39-21)25-24(28(35)31-29(25)36)16-9-30-18-1-3-20-26(22(16)18)40-13-38-20/h1-4,9,12,15,30,34H,5-8,10-11,13-14H2,(H,31,35,36). The Kier molecular flexibility index (Phi) is 5.49. The van der Waals surface area contributed by atoms with Gasteiger partial charge < -0.3 is 38.3 Å². The first-order valence-electron chi connectivity index (χ1n) is 13.5. The molecule has 8 rings (SSSR count). The number of amides is 2. The van der Waals surface area contributed by atoms with Crippen molar-refractivity contribution in [3.63, 3.8) is 0 Å². The maximum absolute atomic E-state index is 13.5. The average molecular weight is 559 g/mol. The molecule has 2 aromatic heterocycles. The summed E-state index contributed by atoms with van der Waals surface area (Å²) in [5.74, 6) is 1.10. The molecule has 1 fully saturated rings. The van der Waals surface area contributed by atoms with Crippen molar-refractivity contribution in [2.24, 2.45) is 0 Å². The van der Waals surface area contributed by atoms with Gasteiger partial charge in [-0.25, -0.2) is 0 Å². The van der Waals surface area contributed by atoms with Crippen LogP contribution in [0.25, 0.3) is 33.0 Å². The Hall–Kier alpha value is -4.52. The van der Waals surface area contributed by atoms with Gasteiger partial charge in [-0.1, -0.05) is 0 Å². The fourth-order valence-corrected chi connectivity index (χ4v) is 6.21. The number of aliphatic hydroxyl groups excluding tert-OH is 1. The Morgan fingerprint density at radius 1 is 0.829 bits per heavy atom. The maximum atomic E-state index is 13.5. The molecule has 2 aromatic carbocycles. The van der Waals surface area contributed by atoms with Crippen LogP contribution in [0.4, 0.5) is 0 Å².